The molecule has 1 saturated heterocycles. The third kappa shape index (κ3) is 5.05. The largest absolute Gasteiger partial charge is 0.354 e. The SMILES string of the molecule is CCN(CC)C(CNC(=O)C1CCN(c2ncccn2)CC1)c1ccsc1. The molecule has 0 aliphatic carbocycles. The van der Waals surface area contributed by atoms with Gasteiger partial charge in [0, 0.05) is 37.9 Å². The minimum Gasteiger partial charge on any atom is -0.354 e. The number of thiophene rings is 1. The van der Waals surface area contributed by atoms with Crippen LogP contribution < -0.4 is 10.2 Å². The number of aromatic nitrogens is 2. The number of nitrogens with one attached hydrogen (secondary N) is 1. The number of rotatable bonds is 8. The van der Waals surface area contributed by atoms with Gasteiger partial charge < -0.3 is 10.2 Å². The van der Waals surface area contributed by atoms with Crippen LogP contribution in [0, 0.1) is 5.92 Å². The van der Waals surface area contributed by atoms with Crippen molar-refractivity contribution in [3.8, 4) is 0 Å². The van der Waals surface area contributed by atoms with Gasteiger partial charge in [-0.25, -0.2) is 9.97 Å². The van der Waals surface area contributed by atoms with Crippen LogP contribution in [0.1, 0.15) is 38.3 Å². The summed E-state index contributed by atoms with van der Waals surface area (Å²) in [6, 6.07) is 4.23. The molecule has 0 radical (unpaired) electrons. The first-order valence-corrected chi connectivity index (χ1v) is 10.7. The van der Waals surface area contributed by atoms with Crippen LogP contribution in [0.15, 0.2) is 35.3 Å². The second-order valence-corrected chi connectivity index (χ2v) is 7.63. The average Bonchev–Trinajstić information content (AvgIpc) is 3.26. The first-order valence-electron chi connectivity index (χ1n) is 9.78. The van der Waals surface area contributed by atoms with Gasteiger partial charge in [-0.3, -0.25) is 9.69 Å². The smallest absolute Gasteiger partial charge is 0.225 e. The summed E-state index contributed by atoms with van der Waals surface area (Å²) in [6.45, 7) is 8.61. The van der Waals surface area contributed by atoms with Crippen molar-refractivity contribution >= 4 is 23.2 Å². The van der Waals surface area contributed by atoms with E-state index in [1.165, 1.54) is 5.56 Å². The molecule has 0 spiro atoms. The van der Waals surface area contributed by atoms with Gasteiger partial charge >= 0.3 is 0 Å². The molecule has 27 heavy (non-hydrogen) atoms. The summed E-state index contributed by atoms with van der Waals surface area (Å²) < 4.78 is 0. The van der Waals surface area contributed by atoms with Crippen molar-refractivity contribution in [1.29, 1.82) is 0 Å². The molecular formula is C20H29N5OS. The number of carbonyl (C=O) groups is 1. The fourth-order valence-electron chi connectivity index (χ4n) is 3.72. The van der Waals surface area contributed by atoms with Gasteiger partial charge in [-0.2, -0.15) is 11.3 Å². The molecule has 2 aromatic rings. The maximum atomic E-state index is 12.7. The lowest BCUT2D eigenvalue weighted by molar-refractivity contribution is -0.125. The van der Waals surface area contributed by atoms with Crippen LogP contribution in [-0.4, -0.2) is 53.5 Å². The van der Waals surface area contributed by atoms with Crippen LogP contribution in [0.25, 0.3) is 0 Å². The van der Waals surface area contributed by atoms with Gasteiger partial charge in [0.2, 0.25) is 11.9 Å². The Balaban J connectivity index is 1.52. The number of likely N-dealkylation sites (N-methyl/N-ethyl adjacent to an activating group) is 1. The Morgan fingerprint density at radius 1 is 1.30 bits per heavy atom. The molecule has 1 N–H and O–H groups in total. The van der Waals surface area contributed by atoms with E-state index in [0.29, 0.717) is 6.54 Å². The Labute approximate surface area is 165 Å². The highest BCUT2D eigenvalue weighted by Crippen LogP contribution is 2.24. The molecule has 1 aliphatic heterocycles. The van der Waals surface area contributed by atoms with Crippen LogP contribution >= 0.6 is 11.3 Å². The highest BCUT2D eigenvalue weighted by molar-refractivity contribution is 7.07. The maximum Gasteiger partial charge on any atom is 0.225 e. The summed E-state index contributed by atoms with van der Waals surface area (Å²) in [5, 5.41) is 7.51. The maximum absolute atomic E-state index is 12.7. The van der Waals surface area contributed by atoms with Crippen molar-refractivity contribution in [1.82, 2.24) is 20.2 Å². The minimum absolute atomic E-state index is 0.0739. The van der Waals surface area contributed by atoms with Crippen molar-refractivity contribution in [3.05, 3.63) is 40.8 Å². The zero-order valence-electron chi connectivity index (χ0n) is 16.2. The standard InChI is InChI=1S/C20H29N5OS/c1-3-24(4-2)18(17-8-13-27-15-17)14-23-19(26)16-6-11-25(12-7-16)20-21-9-5-10-22-20/h5,8-10,13,15-16,18H,3-4,6-7,11-12,14H2,1-2H3,(H,23,26). The second kappa shape index (κ2) is 9.80. The minimum atomic E-state index is 0.0739. The number of anilines is 1. The highest BCUT2D eigenvalue weighted by atomic mass is 32.1. The van der Waals surface area contributed by atoms with Crippen LogP contribution in [0.3, 0.4) is 0 Å². The van der Waals surface area contributed by atoms with Crippen molar-refractivity contribution < 1.29 is 4.79 Å². The molecule has 3 rings (SSSR count). The van der Waals surface area contributed by atoms with Gasteiger partial charge in [-0.1, -0.05) is 13.8 Å². The predicted octanol–water partition coefficient (Wildman–Crippen LogP) is 2.95. The molecule has 1 amide bonds. The van der Waals surface area contributed by atoms with Gasteiger partial charge in [-0.05, 0) is 54.4 Å². The fraction of sp³-hybridized carbons (Fsp3) is 0.550. The van der Waals surface area contributed by atoms with Crippen molar-refractivity contribution in [3.63, 3.8) is 0 Å². The summed E-state index contributed by atoms with van der Waals surface area (Å²) >= 11 is 1.71. The molecule has 1 unspecified atom stereocenters. The third-order valence-electron chi connectivity index (χ3n) is 5.35. The van der Waals surface area contributed by atoms with Gasteiger partial charge in [0.1, 0.15) is 0 Å². The summed E-state index contributed by atoms with van der Waals surface area (Å²) in [5.41, 5.74) is 1.29. The zero-order chi connectivity index (χ0) is 19.1. The molecule has 146 valence electrons. The lowest BCUT2D eigenvalue weighted by atomic mass is 9.96. The van der Waals surface area contributed by atoms with E-state index in [4.69, 9.17) is 0 Å². The fourth-order valence-corrected chi connectivity index (χ4v) is 4.43. The topological polar surface area (TPSA) is 61.4 Å². The molecule has 3 heterocycles. The third-order valence-corrected chi connectivity index (χ3v) is 6.05. The molecular weight excluding hydrogens is 358 g/mol. The van der Waals surface area contributed by atoms with Crippen LogP contribution in [0.5, 0.6) is 0 Å². The Morgan fingerprint density at radius 2 is 2.00 bits per heavy atom. The summed E-state index contributed by atoms with van der Waals surface area (Å²) in [4.78, 5) is 25.9. The number of nitrogens with zero attached hydrogens (tertiary/aromatic N) is 4. The first-order chi connectivity index (χ1) is 13.2. The lowest BCUT2D eigenvalue weighted by Crippen LogP contribution is -2.44. The van der Waals surface area contributed by atoms with E-state index in [1.54, 1.807) is 23.7 Å². The molecule has 1 atom stereocenters. The molecule has 7 heteroatoms. The Kier molecular flexibility index (Phi) is 7.18. The molecule has 2 aromatic heterocycles. The van der Waals surface area contributed by atoms with E-state index in [-0.39, 0.29) is 17.9 Å². The molecule has 1 aliphatic rings. The van der Waals surface area contributed by atoms with Crippen molar-refractivity contribution in [2.24, 2.45) is 5.92 Å². The van der Waals surface area contributed by atoms with E-state index in [1.807, 2.05) is 6.07 Å². The van der Waals surface area contributed by atoms with Crippen LogP contribution in [0.4, 0.5) is 5.95 Å². The Bertz CT molecular complexity index is 682. The average molecular weight is 388 g/mol. The van der Waals surface area contributed by atoms with E-state index < -0.39 is 0 Å². The van der Waals surface area contributed by atoms with E-state index >= 15 is 0 Å². The molecule has 0 aromatic carbocycles. The summed E-state index contributed by atoms with van der Waals surface area (Å²) in [5.74, 6) is 1.01. The second-order valence-electron chi connectivity index (χ2n) is 6.85. The molecule has 0 bridgehead atoms. The van der Waals surface area contributed by atoms with Crippen LogP contribution in [0.2, 0.25) is 0 Å². The number of hydrogen-bond donors (Lipinski definition) is 1. The number of amides is 1. The van der Waals surface area contributed by atoms with Gasteiger partial charge in [0.15, 0.2) is 0 Å². The van der Waals surface area contributed by atoms with Gasteiger partial charge in [-0.15, -0.1) is 0 Å². The van der Waals surface area contributed by atoms with Crippen LogP contribution in [-0.2, 0) is 4.79 Å². The monoisotopic (exact) mass is 387 g/mol. The van der Waals surface area contributed by atoms with E-state index in [9.17, 15) is 4.79 Å². The quantitative estimate of drug-likeness (QED) is 0.755. The highest BCUT2D eigenvalue weighted by Gasteiger charge is 2.27. The van der Waals surface area contributed by atoms with E-state index in [0.717, 1.165) is 45.0 Å². The Hall–Kier alpha value is -1.99. The summed E-state index contributed by atoms with van der Waals surface area (Å²) in [7, 11) is 0. The Morgan fingerprint density at radius 3 is 2.59 bits per heavy atom. The lowest BCUT2D eigenvalue weighted by Gasteiger charge is -2.33. The summed E-state index contributed by atoms with van der Waals surface area (Å²) in [6.07, 6.45) is 5.22. The molecule has 6 nitrogen and oxygen atoms in total. The van der Waals surface area contributed by atoms with Crippen molar-refractivity contribution in [2.45, 2.75) is 32.7 Å². The normalized spacial score (nSPS) is 16.5. The zero-order valence-corrected chi connectivity index (χ0v) is 17.0. The molecule has 0 saturated carbocycles. The number of carbonyl (C=O) groups excluding carboxylic acids is 1. The first kappa shape index (κ1) is 19.8. The van der Waals surface area contributed by atoms with E-state index in [2.05, 4.69) is 55.8 Å². The van der Waals surface area contributed by atoms with Gasteiger partial charge in [0.25, 0.3) is 0 Å². The number of hydrogen-bond acceptors (Lipinski definition) is 6. The van der Waals surface area contributed by atoms with Gasteiger partial charge in [0.05, 0.1) is 6.04 Å². The molecule has 1 fully saturated rings. The number of piperidine rings is 1. The van der Waals surface area contributed by atoms with Crippen molar-refractivity contribution in [2.75, 3.05) is 37.6 Å². The predicted molar refractivity (Wildman–Crippen MR) is 110 cm³/mol.